The maximum Gasteiger partial charge on any atom is 0.256 e. The molecule has 6 heteroatoms. The zero-order chi connectivity index (χ0) is 16.5. The van der Waals surface area contributed by atoms with Crippen LogP contribution in [0.1, 0.15) is 39.6 Å². The van der Waals surface area contributed by atoms with Crippen molar-refractivity contribution in [3.05, 3.63) is 34.9 Å². The first-order valence-electron chi connectivity index (χ1n) is 7.16. The lowest BCUT2D eigenvalue weighted by Gasteiger charge is -2.37. The number of carbonyl (C=O) groups excluding carboxylic acids is 2. The Balaban J connectivity index is 2.22. The fourth-order valence-electron chi connectivity index (χ4n) is 2.67. The first-order valence-corrected chi connectivity index (χ1v) is 7.16. The largest absolute Gasteiger partial charge is 0.396 e. The zero-order valence-electron chi connectivity index (χ0n) is 12.6. The number of rotatable bonds is 3. The Hall–Kier alpha value is -1.82. The molecule has 0 bridgehead atoms. The van der Waals surface area contributed by atoms with E-state index in [1.54, 1.807) is 19.1 Å². The Morgan fingerprint density at radius 3 is 2.68 bits per heavy atom. The fraction of sp³-hybridized carbons (Fsp3) is 0.500. The molecule has 2 rings (SSSR count). The third kappa shape index (κ3) is 3.16. The molecule has 1 aliphatic heterocycles. The van der Waals surface area contributed by atoms with Crippen molar-refractivity contribution in [3.8, 4) is 0 Å². The molecule has 1 aromatic rings. The van der Waals surface area contributed by atoms with Crippen LogP contribution in [0, 0.1) is 12.8 Å². The SMILES string of the molecule is CC(=O)c1cc(C(=O)N2CCC(F)(F)C(CO)C2)ccc1C. The number of carbonyl (C=O) groups is 2. The lowest BCUT2D eigenvalue weighted by atomic mass is 9.93. The topological polar surface area (TPSA) is 57.6 Å². The van der Waals surface area contributed by atoms with Crippen LogP contribution in [0.4, 0.5) is 8.78 Å². The maximum atomic E-state index is 13.6. The highest BCUT2D eigenvalue weighted by Gasteiger charge is 2.44. The third-order valence-electron chi connectivity index (χ3n) is 4.12. The van der Waals surface area contributed by atoms with Gasteiger partial charge < -0.3 is 10.0 Å². The molecule has 1 amide bonds. The van der Waals surface area contributed by atoms with Gasteiger partial charge in [0.25, 0.3) is 11.8 Å². The van der Waals surface area contributed by atoms with E-state index in [1.165, 1.54) is 17.9 Å². The second-order valence-electron chi connectivity index (χ2n) is 5.73. The number of amides is 1. The van der Waals surface area contributed by atoms with Gasteiger partial charge in [-0.3, -0.25) is 9.59 Å². The number of likely N-dealkylation sites (tertiary alicyclic amines) is 1. The highest BCUT2D eigenvalue weighted by atomic mass is 19.3. The predicted molar refractivity (Wildman–Crippen MR) is 77.2 cm³/mol. The molecular formula is C16H19F2NO3. The summed E-state index contributed by atoms with van der Waals surface area (Å²) in [5, 5.41) is 9.09. The minimum atomic E-state index is -2.96. The summed E-state index contributed by atoms with van der Waals surface area (Å²) < 4.78 is 27.2. The molecule has 0 spiro atoms. The molecule has 0 saturated carbocycles. The number of aliphatic hydroxyl groups excluding tert-OH is 1. The maximum absolute atomic E-state index is 13.6. The van der Waals surface area contributed by atoms with Crippen LogP contribution >= 0.6 is 0 Å². The Bertz CT molecular complexity index is 601. The lowest BCUT2D eigenvalue weighted by molar-refractivity contribution is -0.113. The van der Waals surface area contributed by atoms with Crippen molar-refractivity contribution in [2.24, 2.45) is 5.92 Å². The van der Waals surface area contributed by atoms with Crippen LogP contribution in [-0.2, 0) is 0 Å². The van der Waals surface area contributed by atoms with Crippen molar-refractivity contribution >= 4 is 11.7 Å². The molecule has 1 fully saturated rings. The lowest BCUT2D eigenvalue weighted by Crippen LogP contribution is -2.50. The fourth-order valence-corrected chi connectivity index (χ4v) is 2.67. The Morgan fingerprint density at radius 1 is 1.41 bits per heavy atom. The van der Waals surface area contributed by atoms with E-state index in [9.17, 15) is 18.4 Å². The molecule has 22 heavy (non-hydrogen) atoms. The first-order chi connectivity index (χ1) is 10.3. The summed E-state index contributed by atoms with van der Waals surface area (Å²) in [6.07, 6.45) is -0.463. The van der Waals surface area contributed by atoms with Crippen molar-refractivity contribution in [2.75, 3.05) is 19.7 Å². The second-order valence-corrected chi connectivity index (χ2v) is 5.73. The molecule has 120 valence electrons. The standard InChI is InChI=1S/C16H19F2NO3/c1-10-3-4-12(7-14(10)11(2)21)15(22)19-6-5-16(17,18)13(8-19)9-20/h3-4,7,13,20H,5-6,8-9H2,1-2H3. The molecule has 1 unspecified atom stereocenters. The number of Topliss-reactive ketones (excluding diaryl/α,β-unsaturated/α-hetero) is 1. The number of hydrogen-bond acceptors (Lipinski definition) is 3. The Kier molecular flexibility index (Phi) is 4.60. The molecule has 4 nitrogen and oxygen atoms in total. The van der Waals surface area contributed by atoms with Crippen LogP contribution in [0.3, 0.4) is 0 Å². The number of halogens is 2. The van der Waals surface area contributed by atoms with E-state index in [0.29, 0.717) is 11.1 Å². The number of alkyl halides is 2. The van der Waals surface area contributed by atoms with Crippen LogP contribution in [-0.4, -0.2) is 47.3 Å². The van der Waals surface area contributed by atoms with Gasteiger partial charge in [0, 0.05) is 30.6 Å². The van der Waals surface area contributed by atoms with Crippen molar-refractivity contribution in [1.82, 2.24) is 4.90 Å². The van der Waals surface area contributed by atoms with Crippen LogP contribution in [0.15, 0.2) is 18.2 Å². The van der Waals surface area contributed by atoms with Gasteiger partial charge in [0.15, 0.2) is 5.78 Å². The predicted octanol–water partition coefficient (Wildman–Crippen LogP) is 2.29. The molecule has 1 atom stereocenters. The van der Waals surface area contributed by atoms with Gasteiger partial charge in [-0.05, 0) is 31.5 Å². The summed E-state index contributed by atoms with van der Waals surface area (Å²) in [5.41, 5.74) is 1.52. The van der Waals surface area contributed by atoms with Gasteiger partial charge in [-0.2, -0.15) is 0 Å². The Morgan fingerprint density at radius 2 is 2.09 bits per heavy atom. The molecule has 1 aromatic carbocycles. The van der Waals surface area contributed by atoms with Crippen LogP contribution < -0.4 is 0 Å². The van der Waals surface area contributed by atoms with E-state index >= 15 is 0 Å². The van der Waals surface area contributed by atoms with E-state index in [1.807, 2.05) is 0 Å². The number of aryl methyl sites for hydroxylation is 1. The number of hydrogen-bond donors (Lipinski definition) is 1. The van der Waals surface area contributed by atoms with Gasteiger partial charge in [-0.15, -0.1) is 0 Å². The summed E-state index contributed by atoms with van der Waals surface area (Å²) in [6.45, 7) is 2.27. The van der Waals surface area contributed by atoms with Crippen molar-refractivity contribution in [3.63, 3.8) is 0 Å². The molecular weight excluding hydrogens is 292 g/mol. The first kappa shape index (κ1) is 16.5. The van der Waals surface area contributed by atoms with Gasteiger partial charge in [0.05, 0.1) is 12.5 Å². The Labute approximate surface area is 127 Å². The third-order valence-corrected chi connectivity index (χ3v) is 4.12. The molecule has 0 radical (unpaired) electrons. The van der Waals surface area contributed by atoms with Gasteiger partial charge in [0.2, 0.25) is 0 Å². The van der Waals surface area contributed by atoms with Crippen molar-refractivity contribution < 1.29 is 23.5 Å². The summed E-state index contributed by atoms with van der Waals surface area (Å²) in [6, 6.07) is 4.76. The highest BCUT2D eigenvalue weighted by molar-refractivity contribution is 6.00. The number of ketones is 1. The quantitative estimate of drug-likeness (QED) is 0.871. The number of nitrogens with zero attached hydrogens (tertiary/aromatic N) is 1. The molecule has 0 aliphatic carbocycles. The van der Waals surface area contributed by atoms with Gasteiger partial charge in [-0.1, -0.05) is 6.07 Å². The van der Waals surface area contributed by atoms with Gasteiger partial charge >= 0.3 is 0 Å². The number of piperidine rings is 1. The monoisotopic (exact) mass is 311 g/mol. The average Bonchev–Trinajstić information content (AvgIpc) is 2.46. The van der Waals surface area contributed by atoms with E-state index in [2.05, 4.69) is 0 Å². The highest BCUT2D eigenvalue weighted by Crippen LogP contribution is 2.33. The van der Waals surface area contributed by atoms with Crippen LogP contribution in [0.5, 0.6) is 0 Å². The van der Waals surface area contributed by atoms with E-state index in [0.717, 1.165) is 5.56 Å². The molecule has 0 aromatic heterocycles. The molecule has 1 aliphatic rings. The summed E-state index contributed by atoms with van der Waals surface area (Å²) in [4.78, 5) is 25.3. The van der Waals surface area contributed by atoms with Gasteiger partial charge in [-0.25, -0.2) is 8.78 Å². The van der Waals surface area contributed by atoms with Gasteiger partial charge in [0.1, 0.15) is 0 Å². The molecule has 1 N–H and O–H groups in total. The van der Waals surface area contributed by atoms with E-state index in [4.69, 9.17) is 5.11 Å². The average molecular weight is 311 g/mol. The minimum absolute atomic E-state index is 0.0639. The van der Waals surface area contributed by atoms with Crippen molar-refractivity contribution in [2.45, 2.75) is 26.2 Å². The van der Waals surface area contributed by atoms with E-state index < -0.39 is 30.8 Å². The summed E-state index contributed by atoms with van der Waals surface area (Å²) in [7, 11) is 0. The van der Waals surface area contributed by atoms with Crippen molar-refractivity contribution in [1.29, 1.82) is 0 Å². The minimum Gasteiger partial charge on any atom is -0.396 e. The zero-order valence-corrected chi connectivity index (χ0v) is 12.6. The summed E-state index contributed by atoms with van der Waals surface area (Å²) in [5.74, 6) is -4.74. The number of benzene rings is 1. The normalized spacial score (nSPS) is 20.8. The smallest absolute Gasteiger partial charge is 0.256 e. The summed E-state index contributed by atoms with van der Waals surface area (Å²) >= 11 is 0. The number of aliphatic hydroxyl groups is 1. The molecule has 1 saturated heterocycles. The van der Waals surface area contributed by atoms with E-state index in [-0.39, 0.29) is 18.9 Å². The van der Waals surface area contributed by atoms with Crippen LogP contribution in [0.25, 0.3) is 0 Å². The second kappa shape index (κ2) is 6.12. The molecule has 1 heterocycles. The van der Waals surface area contributed by atoms with Crippen LogP contribution in [0.2, 0.25) is 0 Å².